The Labute approximate surface area is 153 Å². The average Bonchev–Trinajstić information content (AvgIpc) is 2.45. The van der Waals surface area contributed by atoms with Crippen molar-refractivity contribution in [1.29, 1.82) is 0 Å². The van der Waals surface area contributed by atoms with Crippen LogP contribution in [0.4, 0.5) is 0 Å². The minimum absolute atomic E-state index is 0.178. The van der Waals surface area contributed by atoms with Crippen molar-refractivity contribution in [3.63, 3.8) is 0 Å². The number of hydrogen-bond acceptors (Lipinski definition) is 3. The summed E-state index contributed by atoms with van der Waals surface area (Å²) in [5.41, 5.74) is 4.79. The minimum atomic E-state index is -0.245. The Morgan fingerprint density at radius 1 is 0.760 bits per heavy atom. The molecular weight excluding hydrogens is 312 g/mol. The van der Waals surface area contributed by atoms with Crippen molar-refractivity contribution in [3.8, 4) is 0 Å². The quantitative estimate of drug-likeness (QED) is 0.267. The SMILES string of the molecule is CC(=O)OC/C=C(/C)CC/C=C(\C)CC/C=C(\C)CC(=O)C=C(C)C. The fourth-order valence-corrected chi connectivity index (χ4v) is 2.32. The van der Waals surface area contributed by atoms with Gasteiger partial charge in [0.15, 0.2) is 5.78 Å². The normalized spacial score (nSPS) is 12.8. The maximum Gasteiger partial charge on any atom is 0.302 e. The largest absolute Gasteiger partial charge is 0.462 e. The molecule has 0 aliphatic carbocycles. The van der Waals surface area contributed by atoms with Crippen LogP contribution in [0.2, 0.25) is 0 Å². The van der Waals surface area contributed by atoms with E-state index in [0.717, 1.165) is 36.8 Å². The predicted molar refractivity (Wildman–Crippen MR) is 105 cm³/mol. The first-order valence-corrected chi connectivity index (χ1v) is 8.98. The van der Waals surface area contributed by atoms with Gasteiger partial charge in [-0.3, -0.25) is 9.59 Å². The molecule has 0 rings (SSSR count). The van der Waals surface area contributed by atoms with Crippen molar-refractivity contribution in [2.45, 2.75) is 73.6 Å². The zero-order valence-electron chi connectivity index (χ0n) is 16.8. The molecule has 0 fully saturated rings. The van der Waals surface area contributed by atoms with Crippen LogP contribution in [0, 0.1) is 0 Å². The van der Waals surface area contributed by atoms with Crippen LogP contribution in [0.1, 0.15) is 73.6 Å². The Bertz CT molecular complexity index is 556. The lowest BCUT2D eigenvalue weighted by molar-refractivity contribution is -0.139. The molecule has 0 spiro atoms. The maximum absolute atomic E-state index is 11.7. The molecule has 0 bridgehead atoms. The zero-order chi connectivity index (χ0) is 19.2. The van der Waals surface area contributed by atoms with E-state index in [9.17, 15) is 9.59 Å². The fourth-order valence-electron chi connectivity index (χ4n) is 2.32. The summed E-state index contributed by atoms with van der Waals surface area (Å²) in [6.07, 6.45) is 12.6. The van der Waals surface area contributed by atoms with Gasteiger partial charge in [0.2, 0.25) is 0 Å². The summed E-state index contributed by atoms with van der Waals surface area (Å²) in [6.45, 7) is 11.9. The van der Waals surface area contributed by atoms with Gasteiger partial charge in [0.1, 0.15) is 6.61 Å². The molecule has 0 N–H and O–H groups in total. The van der Waals surface area contributed by atoms with E-state index in [4.69, 9.17) is 4.74 Å². The van der Waals surface area contributed by atoms with Crippen LogP contribution < -0.4 is 0 Å². The van der Waals surface area contributed by atoms with E-state index in [-0.39, 0.29) is 11.8 Å². The molecule has 0 aromatic carbocycles. The molecule has 0 aromatic rings. The monoisotopic (exact) mass is 346 g/mol. The van der Waals surface area contributed by atoms with Gasteiger partial charge in [0, 0.05) is 13.3 Å². The summed E-state index contributed by atoms with van der Waals surface area (Å²) in [4.78, 5) is 22.4. The zero-order valence-corrected chi connectivity index (χ0v) is 16.8. The van der Waals surface area contributed by atoms with Gasteiger partial charge in [0.05, 0.1) is 0 Å². The van der Waals surface area contributed by atoms with Crippen molar-refractivity contribution < 1.29 is 14.3 Å². The van der Waals surface area contributed by atoms with Crippen LogP contribution in [0.15, 0.2) is 46.6 Å². The summed E-state index contributed by atoms with van der Waals surface area (Å²) in [5, 5.41) is 0. The Kier molecular flexibility index (Phi) is 12.4. The highest BCUT2D eigenvalue weighted by atomic mass is 16.5. The lowest BCUT2D eigenvalue weighted by Gasteiger charge is -2.03. The number of carbonyl (C=O) groups excluding carboxylic acids is 2. The van der Waals surface area contributed by atoms with E-state index < -0.39 is 0 Å². The molecule has 0 saturated carbocycles. The number of hydrogen-bond donors (Lipinski definition) is 0. The van der Waals surface area contributed by atoms with Crippen molar-refractivity contribution in [2.75, 3.05) is 6.61 Å². The molecule has 0 heterocycles. The van der Waals surface area contributed by atoms with Crippen LogP contribution in [-0.4, -0.2) is 18.4 Å². The molecule has 0 aromatic heterocycles. The third-order valence-electron chi connectivity index (χ3n) is 3.68. The molecular formula is C22H34O3. The van der Waals surface area contributed by atoms with Gasteiger partial charge in [-0.2, -0.15) is 0 Å². The number of ether oxygens (including phenoxy) is 1. The molecule has 3 heteroatoms. The van der Waals surface area contributed by atoms with Crippen LogP contribution in [0.3, 0.4) is 0 Å². The average molecular weight is 347 g/mol. The molecule has 0 aliphatic rings. The van der Waals surface area contributed by atoms with Crippen LogP contribution >= 0.6 is 0 Å². The van der Waals surface area contributed by atoms with Crippen molar-refractivity contribution in [1.82, 2.24) is 0 Å². The van der Waals surface area contributed by atoms with E-state index in [2.05, 4.69) is 26.0 Å². The Hall–Kier alpha value is -1.90. The molecule has 140 valence electrons. The number of rotatable bonds is 11. The van der Waals surface area contributed by atoms with Gasteiger partial charge < -0.3 is 4.74 Å². The number of esters is 1. The second kappa shape index (κ2) is 13.4. The molecule has 25 heavy (non-hydrogen) atoms. The first kappa shape index (κ1) is 23.1. The predicted octanol–water partition coefficient (Wildman–Crippen LogP) is 5.87. The maximum atomic E-state index is 11.7. The Morgan fingerprint density at radius 2 is 1.28 bits per heavy atom. The lowest BCUT2D eigenvalue weighted by atomic mass is 10.0. The van der Waals surface area contributed by atoms with Gasteiger partial charge in [-0.1, -0.05) is 34.4 Å². The van der Waals surface area contributed by atoms with E-state index in [1.54, 1.807) is 6.08 Å². The van der Waals surface area contributed by atoms with Crippen molar-refractivity contribution >= 4 is 11.8 Å². The van der Waals surface area contributed by atoms with Gasteiger partial charge in [-0.15, -0.1) is 0 Å². The Balaban J connectivity index is 4.12. The van der Waals surface area contributed by atoms with Gasteiger partial charge in [-0.05, 0) is 72.5 Å². The van der Waals surface area contributed by atoms with Gasteiger partial charge >= 0.3 is 5.97 Å². The van der Waals surface area contributed by atoms with Crippen molar-refractivity contribution in [3.05, 3.63) is 46.6 Å². The third-order valence-corrected chi connectivity index (χ3v) is 3.68. The summed E-state index contributed by atoms with van der Waals surface area (Å²) < 4.78 is 4.90. The molecule has 0 atom stereocenters. The molecule has 0 aliphatic heterocycles. The van der Waals surface area contributed by atoms with E-state index in [0.29, 0.717) is 13.0 Å². The van der Waals surface area contributed by atoms with E-state index in [1.807, 2.05) is 26.8 Å². The standard InChI is InChI=1S/C22H34O3/c1-17(2)15-22(24)16-20(5)12-8-10-18(3)9-7-11-19(4)13-14-25-21(6)23/h9,12-13,15H,7-8,10-11,14,16H2,1-6H3/b18-9+,19-13-,20-12+. The smallest absolute Gasteiger partial charge is 0.302 e. The first-order valence-electron chi connectivity index (χ1n) is 8.98. The number of allylic oxidation sites excluding steroid dienone is 7. The van der Waals surface area contributed by atoms with E-state index >= 15 is 0 Å². The van der Waals surface area contributed by atoms with Crippen LogP contribution in [0.25, 0.3) is 0 Å². The highest BCUT2D eigenvalue weighted by Crippen LogP contribution is 2.12. The molecule has 3 nitrogen and oxygen atoms in total. The summed E-state index contributed by atoms with van der Waals surface area (Å²) in [7, 11) is 0. The molecule has 0 amide bonds. The minimum Gasteiger partial charge on any atom is -0.462 e. The number of carbonyl (C=O) groups is 2. The molecule has 0 unspecified atom stereocenters. The molecule has 0 saturated heterocycles. The summed E-state index contributed by atoms with van der Waals surface area (Å²) >= 11 is 0. The van der Waals surface area contributed by atoms with Crippen molar-refractivity contribution in [2.24, 2.45) is 0 Å². The van der Waals surface area contributed by atoms with E-state index in [1.165, 1.54) is 18.1 Å². The van der Waals surface area contributed by atoms with Gasteiger partial charge in [-0.25, -0.2) is 0 Å². The second-order valence-electron chi connectivity index (χ2n) is 6.90. The third kappa shape index (κ3) is 15.4. The Morgan fingerprint density at radius 3 is 1.80 bits per heavy atom. The molecule has 0 radical (unpaired) electrons. The van der Waals surface area contributed by atoms with Gasteiger partial charge in [0.25, 0.3) is 0 Å². The lowest BCUT2D eigenvalue weighted by Crippen LogP contribution is -1.98. The van der Waals surface area contributed by atoms with Crippen LogP contribution in [0.5, 0.6) is 0 Å². The fraction of sp³-hybridized carbons (Fsp3) is 0.545. The summed E-state index contributed by atoms with van der Waals surface area (Å²) in [6, 6.07) is 0. The highest BCUT2D eigenvalue weighted by molar-refractivity contribution is 5.91. The topological polar surface area (TPSA) is 43.4 Å². The highest BCUT2D eigenvalue weighted by Gasteiger charge is 1.99. The van der Waals surface area contributed by atoms with Crippen LogP contribution in [-0.2, 0) is 14.3 Å². The second-order valence-corrected chi connectivity index (χ2v) is 6.90. The number of ketones is 1. The summed E-state index contributed by atoms with van der Waals surface area (Å²) in [5.74, 6) is -0.0669. The first-order chi connectivity index (χ1) is 11.7.